The molecule has 4 nitrogen and oxygen atoms in total. The molecule has 1 aromatic carbocycles. The number of anilines is 1. The van der Waals surface area contributed by atoms with Gasteiger partial charge in [-0.2, -0.15) is 5.26 Å². The molecule has 15 heavy (non-hydrogen) atoms. The molecule has 0 aliphatic heterocycles. The highest BCUT2D eigenvalue weighted by atomic mass is 19.1. The number of benzene rings is 1. The lowest BCUT2D eigenvalue weighted by atomic mass is 10.2. The Morgan fingerprint density at radius 1 is 1.67 bits per heavy atom. The first-order valence-corrected chi connectivity index (χ1v) is 4.30. The van der Waals surface area contributed by atoms with Gasteiger partial charge in [-0.05, 0) is 25.1 Å². The smallest absolute Gasteiger partial charge is 0.240 e. The van der Waals surface area contributed by atoms with Gasteiger partial charge in [-0.3, -0.25) is 4.79 Å². The number of hydrogen-bond donors (Lipinski definition) is 2. The fraction of sp³-hybridized carbons (Fsp3) is 0.200. The fourth-order valence-corrected chi connectivity index (χ4v) is 0.945. The van der Waals surface area contributed by atoms with Gasteiger partial charge in [-0.1, -0.05) is 0 Å². The van der Waals surface area contributed by atoms with E-state index < -0.39 is 11.9 Å². The van der Waals surface area contributed by atoms with Crippen LogP contribution in [0.2, 0.25) is 0 Å². The van der Waals surface area contributed by atoms with Gasteiger partial charge in [0.1, 0.15) is 11.9 Å². The number of rotatable bonds is 2. The van der Waals surface area contributed by atoms with Crippen molar-refractivity contribution in [1.82, 2.24) is 0 Å². The number of hydrogen-bond acceptors (Lipinski definition) is 3. The predicted octanol–water partition coefficient (Wildman–Crippen LogP) is 0.983. The normalized spacial score (nSPS) is 11.6. The van der Waals surface area contributed by atoms with Crippen molar-refractivity contribution in [2.75, 3.05) is 5.32 Å². The molecule has 1 aromatic rings. The molecule has 1 unspecified atom stereocenters. The van der Waals surface area contributed by atoms with Gasteiger partial charge in [-0.25, -0.2) is 4.39 Å². The summed E-state index contributed by atoms with van der Waals surface area (Å²) in [6, 6.07) is 4.78. The third-order valence-electron chi connectivity index (χ3n) is 1.77. The quantitative estimate of drug-likeness (QED) is 0.758. The summed E-state index contributed by atoms with van der Waals surface area (Å²) >= 11 is 0. The number of nitrogens with one attached hydrogen (secondary N) is 1. The minimum absolute atomic E-state index is 0.113. The summed E-state index contributed by atoms with van der Waals surface area (Å²) in [6.45, 7) is 1.53. The minimum atomic E-state index is -0.652. The van der Waals surface area contributed by atoms with E-state index in [1.54, 1.807) is 6.07 Å². The number of carbonyl (C=O) groups is 1. The number of amides is 1. The van der Waals surface area contributed by atoms with E-state index in [1.807, 2.05) is 0 Å². The van der Waals surface area contributed by atoms with Gasteiger partial charge in [0, 0.05) is 5.69 Å². The minimum Gasteiger partial charge on any atom is -0.325 e. The highest BCUT2D eigenvalue weighted by molar-refractivity contribution is 5.94. The molecule has 0 bridgehead atoms. The molecule has 1 rings (SSSR count). The van der Waals surface area contributed by atoms with Crippen LogP contribution in [0.25, 0.3) is 0 Å². The van der Waals surface area contributed by atoms with Gasteiger partial charge >= 0.3 is 0 Å². The van der Waals surface area contributed by atoms with E-state index in [9.17, 15) is 9.18 Å². The molecular formula is C10H10FN3O. The summed E-state index contributed by atoms with van der Waals surface area (Å²) in [5.74, 6) is -0.998. The van der Waals surface area contributed by atoms with Crippen molar-refractivity contribution >= 4 is 11.6 Å². The van der Waals surface area contributed by atoms with Crippen molar-refractivity contribution in [3.8, 4) is 6.07 Å². The molecule has 3 N–H and O–H groups in total. The Morgan fingerprint density at radius 3 is 2.87 bits per heavy atom. The van der Waals surface area contributed by atoms with E-state index in [1.165, 1.54) is 19.1 Å². The largest absolute Gasteiger partial charge is 0.325 e. The van der Waals surface area contributed by atoms with Gasteiger partial charge in [0.2, 0.25) is 5.91 Å². The van der Waals surface area contributed by atoms with Crippen LogP contribution in [0.1, 0.15) is 12.5 Å². The highest BCUT2D eigenvalue weighted by Crippen LogP contribution is 2.13. The molecule has 0 aliphatic carbocycles. The summed E-state index contributed by atoms with van der Waals surface area (Å²) in [6.07, 6.45) is 0. The van der Waals surface area contributed by atoms with Crippen molar-refractivity contribution in [3.63, 3.8) is 0 Å². The molecule has 0 aromatic heterocycles. The van der Waals surface area contributed by atoms with Crippen LogP contribution in [0.5, 0.6) is 0 Å². The first-order valence-electron chi connectivity index (χ1n) is 4.30. The van der Waals surface area contributed by atoms with Crippen LogP contribution in [0, 0.1) is 17.1 Å². The SMILES string of the molecule is CC(N)C(=O)Nc1ccc(F)c(C#N)c1. The standard InChI is InChI=1S/C10H10FN3O/c1-6(13)10(15)14-8-2-3-9(11)7(4-8)5-12/h2-4,6H,13H2,1H3,(H,14,15). The van der Waals surface area contributed by atoms with E-state index in [-0.39, 0.29) is 11.5 Å². The van der Waals surface area contributed by atoms with Gasteiger partial charge in [0.15, 0.2) is 0 Å². The highest BCUT2D eigenvalue weighted by Gasteiger charge is 2.09. The average molecular weight is 207 g/mol. The van der Waals surface area contributed by atoms with Gasteiger partial charge in [0.05, 0.1) is 11.6 Å². The maximum absolute atomic E-state index is 12.9. The number of nitrogens with zero attached hydrogens (tertiary/aromatic N) is 1. The molecule has 0 heterocycles. The second-order valence-electron chi connectivity index (χ2n) is 3.08. The Morgan fingerprint density at radius 2 is 2.33 bits per heavy atom. The van der Waals surface area contributed by atoms with Crippen molar-refractivity contribution in [2.24, 2.45) is 5.73 Å². The zero-order valence-corrected chi connectivity index (χ0v) is 8.12. The molecule has 78 valence electrons. The van der Waals surface area contributed by atoms with Gasteiger partial charge in [0.25, 0.3) is 0 Å². The topological polar surface area (TPSA) is 78.9 Å². The summed E-state index contributed by atoms with van der Waals surface area (Å²) in [5.41, 5.74) is 5.58. The third-order valence-corrected chi connectivity index (χ3v) is 1.77. The predicted molar refractivity (Wildman–Crippen MR) is 53.4 cm³/mol. The van der Waals surface area contributed by atoms with Crippen LogP contribution in [0.15, 0.2) is 18.2 Å². The summed E-state index contributed by atoms with van der Waals surface area (Å²) < 4.78 is 12.9. The molecule has 0 saturated heterocycles. The average Bonchev–Trinajstić information content (AvgIpc) is 2.20. The number of halogens is 1. The second-order valence-corrected chi connectivity index (χ2v) is 3.08. The van der Waals surface area contributed by atoms with E-state index >= 15 is 0 Å². The lowest BCUT2D eigenvalue weighted by molar-refractivity contribution is -0.117. The molecule has 0 radical (unpaired) electrons. The van der Waals surface area contributed by atoms with Crippen molar-refractivity contribution < 1.29 is 9.18 Å². The molecule has 0 spiro atoms. The summed E-state index contributed by atoms with van der Waals surface area (Å²) in [5, 5.41) is 11.0. The van der Waals surface area contributed by atoms with Crippen molar-refractivity contribution in [1.29, 1.82) is 5.26 Å². The summed E-state index contributed by atoms with van der Waals surface area (Å²) in [7, 11) is 0. The maximum atomic E-state index is 12.9. The molecular weight excluding hydrogens is 197 g/mol. The number of carbonyl (C=O) groups excluding carboxylic acids is 1. The van der Waals surface area contributed by atoms with Crippen LogP contribution in [0.3, 0.4) is 0 Å². The maximum Gasteiger partial charge on any atom is 0.240 e. The Labute approximate surface area is 86.5 Å². The molecule has 5 heteroatoms. The Kier molecular flexibility index (Phi) is 3.37. The zero-order chi connectivity index (χ0) is 11.4. The molecule has 0 saturated carbocycles. The Hall–Kier alpha value is -1.93. The van der Waals surface area contributed by atoms with E-state index in [2.05, 4.69) is 5.32 Å². The van der Waals surface area contributed by atoms with Crippen LogP contribution < -0.4 is 11.1 Å². The van der Waals surface area contributed by atoms with Crippen molar-refractivity contribution in [2.45, 2.75) is 13.0 Å². The lowest BCUT2D eigenvalue weighted by Crippen LogP contribution is -2.32. The number of nitrogens with two attached hydrogens (primary N) is 1. The first kappa shape index (κ1) is 11.1. The van der Waals surface area contributed by atoms with Crippen LogP contribution in [0.4, 0.5) is 10.1 Å². The van der Waals surface area contributed by atoms with E-state index in [0.717, 1.165) is 6.07 Å². The van der Waals surface area contributed by atoms with Gasteiger partial charge in [-0.15, -0.1) is 0 Å². The molecule has 0 fully saturated rings. The zero-order valence-electron chi connectivity index (χ0n) is 8.12. The van der Waals surface area contributed by atoms with E-state index in [0.29, 0.717) is 5.69 Å². The Bertz CT molecular complexity index is 423. The van der Waals surface area contributed by atoms with Crippen LogP contribution >= 0.6 is 0 Å². The lowest BCUT2D eigenvalue weighted by Gasteiger charge is -2.07. The molecule has 0 aliphatic rings. The summed E-state index contributed by atoms with van der Waals surface area (Å²) in [4.78, 5) is 11.2. The molecule has 1 atom stereocenters. The number of nitriles is 1. The second kappa shape index (κ2) is 4.53. The van der Waals surface area contributed by atoms with Gasteiger partial charge < -0.3 is 11.1 Å². The van der Waals surface area contributed by atoms with Crippen LogP contribution in [-0.4, -0.2) is 11.9 Å². The van der Waals surface area contributed by atoms with Crippen LogP contribution in [-0.2, 0) is 4.79 Å². The van der Waals surface area contributed by atoms with Crippen molar-refractivity contribution in [3.05, 3.63) is 29.6 Å². The first-order chi connectivity index (χ1) is 7.04. The third kappa shape index (κ3) is 2.76. The fourth-order valence-electron chi connectivity index (χ4n) is 0.945. The molecule has 1 amide bonds. The Balaban J connectivity index is 2.89. The monoisotopic (exact) mass is 207 g/mol. The van der Waals surface area contributed by atoms with E-state index in [4.69, 9.17) is 11.0 Å².